The Kier molecular flexibility index (Phi) is 1.27. The summed E-state index contributed by atoms with van der Waals surface area (Å²) >= 11 is 0. The van der Waals surface area contributed by atoms with Crippen LogP contribution in [0.2, 0.25) is 0 Å². The second-order valence-electron chi connectivity index (χ2n) is 3.94. The van der Waals surface area contributed by atoms with E-state index in [4.69, 9.17) is 5.26 Å². The predicted molar refractivity (Wildman–Crippen MR) is 36.7 cm³/mol. The molecule has 0 amide bonds. The maximum Gasteiger partial charge on any atom is 0.0659 e. The Labute approximate surface area is 56.7 Å². The third kappa shape index (κ3) is 1.24. The van der Waals surface area contributed by atoms with E-state index >= 15 is 0 Å². The minimum atomic E-state index is 0.362. The second-order valence-corrected chi connectivity index (χ2v) is 3.94. The Morgan fingerprint density at radius 3 is 2.11 bits per heavy atom. The lowest BCUT2D eigenvalue weighted by atomic mass is 9.89. The van der Waals surface area contributed by atoms with Gasteiger partial charge in [-0.05, 0) is 17.8 Å². The number of rotatable bonds is 0. The van der Waals surface area contributed by atoms with Crippen molar-refractivity contribution >= 4 is 0 Å². The van der Waals surface area contributed by atoms with Crippen LogP contribution in [-0.2, 0) is 0 Å². The molecular formula is C8H13N. The van der Waals surface area contributed by atoms with Crippen LogP contribution in [0, 0.1) is 28.6 Å². The van der Waals surface area contributed by atoms with Gasteiger partial charge in [0.25, 0.3) is 0 Å². The minimum absolute atomic E-state index is 0.362. The zero-order valence-corrected chi connectivity index (χ0v) is 6.31. The molecule has 0 N–H and O–H groups in total. The molecule has 1 fully saturated rings. The molecule has 2 atom stereocenters. The molecule has 0 spiro atoms. The van der Waals surface area contributed by atoms with E-state index in [1.807, 2.05) is 0 Å². The minimum Gasteiger partial charge on any atom is -0.198 e. The molecule has 1 rings (SSSR count). The van der Waals surface area contributed by atoms with E-state index in [2.05, 4.69) is 26.8 Å². The molecule has 0 saturated heterocycles. The molecule has 0 aromatic carbocycles. The van der Waals surface area contributed by atoms with Crippen molar-refractivity contribution in [3.63, 3.8) is 0 Å². The molecule has 0 aliphatic heterocycles. The number of hydrogen-bond donors (Lipinski definition) is 0. The Balaban J connectivity index is 2.45. The Hall–Kier alpha value is -0.510. The first-order valence-corrected chi connectivity index (χ1v) is 3.45. The van der Waals surface area contributed by atoms with Crippen LogP contribution in [0.25, 0.3) is 0 Å². The molecule has 50 valence electrons. The molecular weight excluding hydrogens is 110 g/mol. The summed E-state index contributed by atoms with van der Waals surface area (Å²) in [4.78, 5) is 0. The SMILES string of the molecule is CC(C)(C)[C@@H]1C[C@H]1C#N. The molecule has 9 heavy (non-hydrogen) atoms. The van der Waals surface area contributed by atoms with Crippen LogP contribution in [0.1, 0.15) is 27.2 Å². The van der Waals surface area contributed by atoms with Gasteiger partial charge in [-0.15, -0.1) is 0 Å². The second kappa shape index (κ2) is 1.73. The van der Waals surface area contributed by atoms with Gasteiger partial charge in [0, 0.05) is 0 Å². The smallest absolute Gasteiger partial charge is 0.0659 e. The van der Waals surface area contributed by atoms with Gasteiger partial charge >= 0.3 is 0 Å². The maximum absolute atomic E-state index is 8.49. The van der Waals surface area contributed by atoms with Crippen molar-refractivity contribution in [3.05, 3.63) is 0 Å². The van der Waals surface area contributed by atoms with Crippen LogP contribution in [0.15, 0.2) is 0 Å². The van der Waals surface area contributed by atoms with Crippen LogP contribution in [-0.4, -0.2) is 0 Å². The lowest BCUT2D eigenvalue weighted by molar-refractivity contribution is 0.341. The normalized spacial score (nSPS) is 33.6. The van der Waals surface area contributed by atoms with Crippen LogP contribution >= 0.6 is 0 Å². The number of hydrogen-bond acceptors (Lipinski definition) is 1. The van der Waals surface area contributed by atoms with Crippen LogP contribution in [0.3, 0.4) is 0 Å². The first kappa shape index (κ1) is 6.61. The van der Waals surface area contributed by atoms with Gasteiger partial charge in [-0.2, -0.15) is 5.26 Å². The Morgan fingerprint density at radius 1 is 1.44 bits per heavy atom. The summed E-state index contributed by atoms with van der Waals surface area (Å²) in [5.74, 6) is 1.03. The van der Waals surface area contributed by atoms with E-state index in [0.29, 0.717) is 17.3 Å². The summed E-state index contributed by atoms with van der Waals surface area (Å²) in [6, 6.07) is 2.30. The van der Waals surface area contributed by atoms with Crippen molar-refractivity contribution in [3.8, 4) is 6.07 Å². The molecule has 0 radical (unpaired) electrons. The highest BCUT2D eigenvalue weighted by molar-refractivity contribution is 5.05. The lowest BCUT2D eigenvalue weighted by Gasteiger charge is -2.16. The summed E-state index contributed by atoms with van der Waals surface area (Å²) in [5.41, 5.74) is 0.362. The largest absolute Gasteiger partial charge is 0.198 e. The van der Waals surface area contributed by atoms with Gasteiger partial charge in [-0.1, -0.05) is 20.8 Å². The number of nitriles is 1. The van der Waals surface area contributed by atoms with Gasteiger partial charge in [-0.3, -0.25) is 0 Å². The van der Waals surface area contributed by atoms with Gasteiger partial charge in [-0.25, -0.2) is 0 Å². The summed E-state index contributed by atoms with van der Waals surface area (Å²) in [6.45, 7) is 6.61. The molecule has 0 aromatic heterocycles. The fourth-order valence-electron chi connectivity index (χ4n) is 1.29. The molecule has 0 unspecified atom stereocenters. The van der Waals surface area contributed by atoms with Crippen molar-refractivity contribution in [1.29, 1.82) is 5.26 Å². The van der Waals surface area contributed by atoms with Crippen molar-refractivity contribution in [2.45, 2.75) is 27.2 Å². The predicted octanol–water partition coefficient (Wildman–Crippen LogP) is 2.19. The lowest BCUT2D eigenvalue weighted by Crippen LogP contribution is -2.08. The molecule has 0 heterocycles. The highest BCUT2D eigenvalue weighted by Crippen LogP contribution is 2.49. The summed E-state index contributed by atoms with van der Waals surface area (Å²) < 4.78 is 0. The first-order valence-electron chi connectivity index (χ1n) is 3.45. The number of nitrogens with zero attached hydrogens (tertiary/aromatic N) is 1. The summed E-state index contributed by atoms with van der Waals surface area (Å²) in [6.07, 6.45) is 1.12. The average molecular weight is 123 g/mol. The van der Waals surface area contributed by atoms with E-state index in [0.717, 1.165) is 6.42 Å². The van der Waals surface area contributed by atoms with Gasteiger partial charge in [0.2, 0.25) is 0 Å². The molecule has 0 bridgehead atoms. The zero-order valence-electron chi connectivity index (χ0n) is 6.31. The third-order valence-corrected chi connectivity index (χ3v) is 2.07. The molecule has 1 aliphatic carbocycles. The Bertz CT molecular complexity index is 147. The highest BCUT2D eigenvalue weighted by Gasteiger charge is 2.45. The fraction of sp³-hybridized carbons (Fsp3) is 0.875. The van der Waals surface area contributed by atoms with Gasteiger partial charge in [0.1, 0.15) is 0 Å². The van der Waals surface area contributed by atoms with Crippen molar-refractivity contribution < 1.29 is 0 Å². The Morgan fingerprint density at radius 2 is 2.00 bits per heavy atom. The van der Waals surface area contributed by atoms with Gasteiger partial charge in [0.15, 0.2) is 0 Å². The van der Waals surface area contributed by atoms with E-state index in [9.17, 15) is 0 Å². The summed E-state index contributed by atoms with van der Waals surface area (Å²) in [7, 11) is 0. The van der Waals surface area contributed by atoms with Crippen molar-refractivity contribution in [1.82, 2.24) is 0 Å². The molecule has 1 nitrogen and oxygen atoms in total. The zero-order chi connectivity index (χ0) is 7.07. The van der Waals surface area contributed by atoms with Gasteiger partial charge < -0.3 is 0 Å². The maximum atomic E-state index is 8.49. The topological polar surface area (TPSA) is 23.8 Å². The van der Waals surface area contributed by atoms with Crippen molar-refractivity contribution in [2.24, 2.45) is 17.3 Å². The van der Waals surface area contributed by atoms with Crippen molar-refractivity contribution in [2.75, 3.05) is 0 Å². The van der Waals surface area contributed by atoms with E-state index < -0.39 is 0 Å². The summed E-state index contributed by atoms with van der Waals surface area (Å²) in [5, 5.41) is 8.49. The standard InChI is InChI=1S/C8H13N/c1-8(2,3)7-4-6(7)5-9/h6-7H,4H2,1-3H3/t6-,7+/m0/s1. The van der Waals surface area contributed by atoms with Crippen LogP contribution in [0.4, 0.5) is 0 Å². The van der Waals surface area contributed by atoms with Crippen LogP contribution in [0.5, 0.6) is 0 Å². The fourth-order valence-corrected chi connectivity index (χ4v) is 1.29. The van der Waals surface area contributed by atoms with Gasteiger partial charge in [0.05, 0.1) is 12.0 Å². The van der Waals surface area contributed by atoms with E-state index in [-0.39, 0.29) is 0 Å². The van der Waals surface area contributed by atoms with E-state index in [1.54, 1.807) is 0 Å². The first-order chi connectivity index (χ1) is 4.05. The molecule has 0 aromatic rings. The quantitative estimate of drug-likeness (QED) is 0.484. The molecule has 1 aliphatic rings. The van der Waals surface area contributed by atoms with E-state index in [1.165, 1.54) is 0 Å². The third-order valence-electron chi connectivity index (χ3n) is 2.07. The highest BCUT2D eigenvalue weighted by atomic mass is 14.5. The van der Waals surface area contributed by atoms with Crippen LogP contribution < -0.4 is 0 Å². The molecule has 1 heteroatoms. The molecule has 1 saturated carbocycles. The average Bonchev–Trinajstić information content (AvgIpc) is 2.39. The monoisotopic (exact) mass is 123 g/mol.